The highest BCUT2D eigenvalue weighted by molar-refractivity contribution is 5.81. The minimum absolute atomic E-state index is 0.0439. The summed E-state index contributed by atoms with van der Waals surface area (Å²) < 4.78 is 0. The first-order chi connectivity index (χ1) is 8.36. The molecule has 18 heavy (non-hydrogen) atoms. The third-order valence-corrected chi connectivity index (χ3v) is 3.70. The number of nitrogens with zero attached hydrogens (tertiary/aromatic N) is 1. The first-order valence-electron chi connectivity index (χ1n) is 7.02. The molecule has 0 radical (unpaired) electrons. The van der Waals surface area contributed by atoms with Gasteiger partial charge in [-0.05, 0) is 31.6 Å². The van der Waals surface area contributed by atoms with Crippen LogP contribution in [-0.4, -0.2) is 47.7 Å². The summed E-state index contributed by atoms with van der Waals surface area (Å²) in [6.45, 7) is 10.3. The van der Waals surface area contributed by atoms with Gasteiger partial charge in [0.25, 0.3) is 0 Å². The van der Waals surface area contributed by atoms with Crippen molar-refractivity contribution in [3.63, 3.8) is 0 Å². The van der Waals surface area contributed by atoms with Crippen LogP contribution < -0.4 is 5.32 Å². The minimum Gasteiger partial charge on any atom is -0.396 e. The Hall–Kier alpha value is -0.610. The Balaban J connectivity index is 2.54. The van der Waals surface area contributed by atoms with Crippen molar-refractivity contribution in [2.45, 2.75) is 59.0 Å². The molecule has 0 bridgehead atoms. The van der Waals surface area contributed by atoms with Gasteiger partial charge in [-0.2, -0.15) is 0 Å². The summed E-state index contributed by atoms with van der Waals surface area (Å²) in [6, 6.07) is -0.0112. The van der Waals surface area contributed by atoms with Crippen LogP contribution in [0.2, 0.25) is 0 Å². The van der Waals surface area contributed by atoms with E-state index < -0.39 is 0 Å². The largest absolute Gasteiger partial charge is 0.396 e. The van der Waals surface area contributed by atoms with Crippen LogP contribution >= 0.6 is 0 Å². The van der Waals surface area contributed by atoms with Gasteiger partial charge in [0.15, 0.2) is 0 Å². The number of hydrogen-bond acceptors (Lipinski definition) is 3. The lowest BCUT2D eigenvalue weighted by Crippen LogP contribution is -2.51. The predicted molar refractivity (Wildman–Crippen MR) is 73.4 cm³/mol. The second-order valence-electron chi connectivity index (χ2n) is 6.35. The van der Waals surface area contributed by atoms with Gasteiger partial charge in [-0.1, -0.05) is 20.8 Å². The molecule has 1 fully saturated rings. The Labute approximate surface area is 111 Å². The van der Waals surface area contributed by atoms with Gasteiger partial charge >= 0.3 is 0 Å². The highest BCUT2D eigenvalue weighted by Crippen LogP contribution is 2.22. The number of carbonyl (C=O) groups excluding carboxylic acids is 1. The Morgan fingerprint density at radius 3 is 2.33 bits per heavy atom. The molecule has 2 atom stereocenters. The Bertz CT molecular complexity index is 267. The van der Waals surface area contributed by atoms with Gasteiger partial charge in [-0.3, -0.25) is 4.79 Å². The van der Waals surface area contributed by atoms with E-state index in [1.807, 2.05) is 11.8 Å². The van der Waals surface area contributed by atoms with Crippen LogP contribution in [0.15, 0.2) is 0 Å². The molecule has 106 valence electrons. The summed E-state index contributed by atoms with van der Waals surface area (Å²) in [5.41, 5.74) is 0.0439. The molecule has 2 unspecified atom stereocenters. The monoisotopic (exact) mass is 256 g/mol. The lowest BCUT2D eigenvalue weighted by molar-refractivity contribution is -0.132. The summed E-state index contributed by atoms with van der Waals surface area (Å²) >= 11 is 0. The molecule has 0 aromatic rings. The van der Waals surface area contributed by atoms with E-state index in [-0.39, 0.29) is 30.0 Å². The molecular weight excluding hydrogens is 228 g/mol. The van der Waals surface area contributed by atoms with Crippen LogP contribution in [0.5, 0.6) is 0 Å². The number of aliphatic hydroxyl groups is 1. The summed E-state index contributed by atoms with van der Waals surface area (Å²) in [5.74, 6) is 0.194. The number of aliphatic hydroxyl groups excluding tert-OH is 1. The third kappa shape index (κ3) is 4.25. The van der Waals surface area contributed by atoms with Gasteiger partial charge in [-0.15, -0.1) is 0 Å². The second kappa shape index (κ2) is 6.53. The first kappa shape index (κ1) is 15.4. The number of rotatable bonds is 5. The molecule has 4 heteroatoms. The van der Waals surface area contributed by atoms with Crippen LogP contribution in [0.1, 0.15) is 47.0 Å². The van der Waals surface area contributed by atoms with Crippen molar-refractivity contribution in [3.05, 3.63) is 0 Å². The second-order valence-corrected chi connectivity index (χ2v) is 6.35. The van der Waals surface area contributed by atoms with Crippen molar-refractivity contribution in [3.8, 4) is 0 Å². The van der Waals surface area contributed by atoms with Gasteiger partial charge in [0, 0.05) is 25.7 Å². The molecule has 0 aromatic carbocycles. The molecule has 1 rings (SSSR count). The topological polar surface area (TPSA) is 52.6 Å². The maximum absolute atomic E-state index is 12.2. The standard InChI is InChI=1S/C14H28N2O2/c1-11(13(18)16-8-5-6-9-16)15-12(7-10-17)14(2,3)4/h11-12,15,17H,5-10H2,1-4H3. The Morgan fingerprint density at radius 1 is 1.33 bits per heavy atom. The van der Waals surface area contributed by atoms with E-state index in [4.69, 9.17) is 5.11 Å². The number of amides is 1. The molecule has 1 saturated heterocycles. The van der Waals surface area contributed by atoms with Gasteiger partial charge < -0.3 is 15.3 Å². The molecule has 4 nitrogen and oxygen atoms in total. The van der Waals surface area contributed by atoms with Crippen molar-refractivity contribution in [2.24, 2.45) is 5.41 Å². The lowest BCUT2D eigenvalue weighted by atomic mass is 9.84. The predicted octanol–water partition coefficient (Wildman–Crippen LogP) is 1.38. The molecule has 1 aliphatic heterocycles. The molecule has 1 aliphatic rings. The van der Waals surface area contributed by atoms with E-state index in [0.717, 1.165) is 25.9 Å². The van der Waals surface area contributed by atoms with Crippen molar-refractivity contribution in [1.82, 2.24) is 10.2 Å². The zero-order valence-corrected chi connectivity index (χ0v) is 12.2. The average Bonchev–Trinajstić information content (AvgIpc) is 2.79. The molecule has 0 aromatic heterocycles. The van der Waals surface area contributed by atoms with Gasteiger partial charge in [0.05, 0.1) is 6.04 Å². The van der Waals surface area contributed by atoms with Crippen LogP contribution in [0.25, 0.3) is 0 Å². The fraction of sp³-hybridized carbons (Fsp3) is 0.929. The fourth-order valence-electron chi connectivity index (χ4n) is 2.48. The van der Waals surface area contributed by atoms with Crippen LogP contribution in [0.4, 0.5) is 0 Å². The molecule has 0 aliphatic carbocycles. The highest BCUT2D eigenvalue weighted by atomic mass is 16.3. The third-order valence-electron chi connectivity index (χ3n) is 3.70. The molecule has 0 spiro atoms. The molecule has 1 amide bonds. The van der Waals surface area contributed by atoms with Crippen LogP contribution in [0, 0.1) is 5.41 Å². The molecule has 1 heterocycles. The summed E-state index contributed by atoms with van der Waals surface area (Å²) in [4.78, 5) is 14.2. The summed E-state index contributed by atoms with van der Waals surface area (Å²) in [6.07, 6.45) is 2.93. The Kier molecular flexibility index (Phi) is 5.60. The van der Waals surface area contributed by atoms with E-state index in [2.05, 4.69) is 26.1 Å². The van der Waals surface area contributed by atoms with Gasteiger partial charge in [0.1, 0.15) is 0 Å². The quantitative estimate of drug-likeness (QED) is 0.781. The van der Waals surface area contributed by atoms with E-state index in [0.29, 0.717) is 6.42 Å². The normalized spacial score (nSPS) is 19.9. The van der Waals surface area contributed by atoms with E-state index in [1.165, 1.54) is 0 Å². The maximum Gasteiger partial charge on any atom is 0.239 e. The summed E-state index contributed by atoms with van der Waals surface area (Å²) in [5, 5.41) is 12.5. The number of nitrogens with one attached hydrogen (secondary N) is 1. The molecular formula is C14H28N2O2. The SMILES string of the molecule is CC(NC(CCO)C(C)(C)C)C(=O)N1CCCC1. The Morgan fingerprint density at radius 2 is 1.89 bits per heavy atom. The van der Waals surface area contributed by atoms with Crippen LogP contribution in [-0.2, 0) is 4.79 Å². The zero-order chi connectivity index (χ0) is 13.8. The molecule has 2 N–H and O–H groups in total. The first-order valence-corrected chi connectivity index (χ1v) is 7.02. The van der Waals surface area contributed by atoms with Crippen molar-refractivity contribution in [1.29, 1.82) is 0 Å². The van der Waals surface area contributed by atoms with Crippen molar-refractivity contribution in [2.75, 3.05) is 19.7 Å². The van der Waals surface area contributed by atoms with Gasteiger partial charge in [0.2, 0.25) is 5.91 Å². The number of carbonyl (C=O) groups is 1. The average molecular weight is 256 g/mol. The van der Waals surface area contributed by atoms with E-state index in [1.54, 1.807) is 0 Å². The molecule has 0 saturated carbocycles. The lowest BCUT2D eigenvalue weighted by Gasteiger charge is -2.34. The highest BCUT2D eigenvalue weighted by Gasteiger charge is 2.29. The number of likely N-dealkylation sites (tertiary alicyclic amines) is 1. The van der Waals surface area contributed by atoms with Crippen LogP contribution in [0.3, 0.4) is 0 Å². The fourth-order valence-corrected chi connectivity index (χ4v) is 2.48. The van der Waals surface area contributed by atoms with E-state index in [9.17, 15) is 4.79 Å². The zero-order valence-electron chi connectivity index (χ0n) is 12.2. The van der Waals surface area contributed by atoms with Crippen molar-refractivity contribution >= 4 is 5.91 Å². The number of hydrogen-bond donors (Lipinski definition) is 2. The van der Waals surface area contributed by atoms with E-state index >= 15 is 0 Å². The maximum atomic E-state index is 12.2. The summed E-state index contributed by atoms with van der Waals surface area (Å²) in [7, 11) is 0. The van der Waals surface area contributed by atoms with Gasteiger partial charge in [-0.25, -0.2) is 0 Å². The minimum atomic E-state index is -0.168. The smallest absolute Gasteiger partial charge is 0.239 e. The van der Waals surface area contributed by atoms with Crippen molar-refractivity contribution < 1.29 is 9.90 Å².